The number of nitrogens with zero attached hydrogens (tertiary/aromatic N) is 3. The van der Waals surface area contributed by atoms with Crippen LogP contribution in [0.1, 0.15) is 43.9 Å². The number of nitriles is 1. The molecule has 2 heterocycles. The van der Waals surface area contributed by atoms with Crippen molar-refractivity contribution >= 4 is 11.7 Å². The second-order valence-electron chi connectivity index (χ2n) is 7.74. The SMILES string of the molecule is CC(=O)NC(C)c1ccc(OC2CN(c3ccc(C4(C#N)CC4)cn3)C2)cc1. The molecule has 1 aromatic heterocycles. The summed E-state index contributed by atoms with van der Waals surface area (Å²) < 4.78 is 6.02. The van der Waals surface area contributed by atoms with Crippen LogP contribution in [0.4, 0.5) is 5.82 Å². The molecular formula is C22H24N4O2. The first-order valence-electron chi connectivity index (χ1n) is 9.65. The van der Waals surface area contributed by atoms with Crippen molar-refractivity contribution in [1.82, 2.24) is 10.3 Å². The van der Waals surface area contributed by atoms with Gasteiger partial charge in [-0.05, 0) is 49.1 Å². The van der Waals surface area contributed by atoms with Crippen LogP contribution in [0.5, 0.6) is 5.75 Å². The monoisotopic (exact) mass is 376 g/mol. The summed E-state index contributed by atoms with van der Waals surface area (Å²) >= 11 is 0. The van der Waals surface area contributed by atoms with Crippen LogP contribution < -0.4 is 15.0 Å². The molecule has 2 aliphatic rings. The van der Waals surface area contributed by atoms with E-state index in [2.05, 4.69) is 21.3 Å². The Bertz CT molecular complexity index is 892. The fraction of sp³-hybridized carbons (Fsp3) is 0.409. The van der Waals surface area contributed by atoms with Crippen LogP contribution in [0.3, 0.4) is 0 Å². The molecule has 1 N–H and O–H groups in total. The van der Waals surface area contributed by atoms with Gasteiger partial charge in [0.1, 0.15) is 17.7 Å². The summed E-state index contributed by atoms with van der Waals surface area (Å²) in [5.41, 5.74) is 1.80. The smallest absolute Gasteiger partial charge is 0.217 e. The van der Waals surface area contributed by atoms with Gasteiger partial charge >= 0.3 is 0 Å². The summed E-state index contributed by atoms with van der Waals surface area (Å²) in [4.78, 5) is 17.9. The number of carbonyl (C=O) groups excluding carboxylic acids is 1. The van der Waals surface area contributed by atoms with Crippen molar-refractivity contribution in [3.63, 3.8) is 0 Å². The molecule has 2 fully saturated rings. The Morgan fingerprint density at radius 2 is 2.00 bits per heavy atom. The maximum Gasteiger partial charge on any atom is 0.217 e. The molecule has 1 aromatic carbocycles. The first-order valence-corrected chi connectivity index (χ1v) is 9.65. The minimum Gasteiger partial charge on any atom is -0.487 e. The fourth-order valence-corrected chi connectivity index (χ4v) is 3.56. The number of carbonyl (C=O) groups is 1. The second-order valence-corrected chi connectivity index (χ2v) is 7.74. The molecule has 1 amide bonds. The average molecular weight is 376 g/mol. The van der Waals surface area contributed by atoms with Crippen molar-refractivity contribution in [2.45, 2.75) is 44.2 Å². The van der Waals surface area contributed by atoms with E-state index < -0.39 is 0 Å². The van der Waals surface area contributed by atoms with E-state index in [-0.39, 0.29) is 23.5 Å². The number of anilines is 1. The summed E-state index contributed by atoms with van der Waals surface area (Å²) in [6.45, 7) is 5.06. The minimum atomic E-state index is -0.282. The molecular weight excluding hydrogens is 352 g/mol. The average Bonchev–Trinajstić information content (AvgIpc) is 3.46. The highest BCUT2D eigenvalue weighted by atomic mass is 16.5. The second kappa shape index (κ2) is 7.16. The van der Waals surface area contributed by atoms with Gasteiger partial charge in [-0.2, -0.15) is 5.26 Å². The van der Waals surface area contributed by atoms with Crippen LogP contribution in [0.15, 0.2) is 42.6 Å². The van der Waals surface area contributed by atoms with E-state index in [1.54, 1.807) is 0 Å². The number of rotatable bonds is 6. The molecule has 2 aromatic rings. The zero-order valence-corrected chi connectivity index (χ0v) is 16.2. The highest BCUT2D eigenvalue weighted by molar-refractivity contribution is 5.73. The number of pyridine rings is 1. The molecule has 4 rings (SSSR count). The molecule has 1 saturated carbocycles. The highest BCUT2D eigenvalue weighted by Gasteiger charge is 2.45. The molecule has 6 nitrogen and oxygen atoms in total. The summed E-state index contributed by atoms with van der Waals surface area (Å²) in [5.74, 6) is 1.72. The van der Waals surface area contributed by atoms with Crippen molar-refractivity contribution < 1.29 is 9.53 Å². The predicted molar refractivity (Wildman–Crippen MR) is 106 cm³/mol. The van der Waals surface area contributed by atoms with E-state index in [1.807, 2.05) is 49.5 Å². The maximum absolute atomic E-state index is 11.2. The maximum atomic E-state index is 11.2. The first-order chi connectivity index (χ1) is 13.5. The molecule has 144 valence electrons. The highest BCUT2D eigenvalue weighted by Crippen LogP contribution is 2.47. The third kappa shape index (κ3) is 3.65. The van der Waals surface area contributed by atoms with Gasteiger partial charge in [0.05, 0.1) is 30.6 Å². The van der Waals surface area contributed by atoms with Crippen LogP contribution in [-0.2, 0) is 10.2 Å². The van der Waals surface area contributed by atoms with Crippen molar-refractivity contribution in [3.05, 3.63) is 53.7 Å². The summed E-state index contributed by atoms with van der Waals surface area (Å²) in [5, 5.41) is 12.2. The van der Waals surface area contributed by atoms with Crippen molar-refractivity contribution in [2.75, 3.05) is 18.0 Å². The largest absolute Gasteiger partial charge is 0.487 e. The molecule has 0 bridgehead atoms. The molecule has 6 heteroatoms. The quantitative estimate of drug-likeness (QED) is 0.838. The molecule has 1 unspecified atom stereocenters. The molecule has 1 aliphatic heterocycles. The molecule has 1 saturated heterocycles. The number of aromatic nitrogens is 1. The number of hydrogen-bond donors (Lipinski definition) is 1. The van der Waals surface area contributed by atoms with Gasteiger partial charge in [0.2, 0.25) is 5.91 Å². The molecule has 1 aliphatic carbocycles. The van der Waals surface area contributed by atoms with Gasteiger partial charge in [0.15, 0.2) is 0 Å². The molecule has 1 atom stereocenters. The lowest BCUT2D eigenvalue weighted by atomic mass is 10.00. The summed E-state index contributed by atoms with van der Waals surface area (Å²) in [6.07, 6.45) is 3.85. The Morgan fingerprint density at radius 3 is 2.54 bits per heavy atom. The lowest BCUT2D eigenvalue weighted by molar-refractivity contribution is -0.119. The van der Waals surface area contributed by atoms with Crippen molar-refractivity contribution in [1.29, 1.82) is 5.26 Å². The third-order valence-electron chi connectivity index (χ3n) is 5.54. The topological polar surface area (TPSA) is 78.2 Å². The Hall–Kier alpha value is -3.07. The normalized spacial score (nSPS) is 18.5. The van der Waals surface area contributed by atoms with Crippen LogP contribution >= 0.6 is 0 Å². The van der Waals surface area contributed by atoms with E-state index in [0.717, 1.165) is 48.6 Å². The van der Waals surface area contributed by atoms with E-state index in [4.69, 9.17) is 4.74 Å². The zero-order chi connectivity index (χ0) is 19.7. The summed E-state index contributed by atoms with van der Waals surface area (Å²) in [6, 6.07) is 14.3. The Balaban J connectivity index is 1.29. The van der Waals surface area contributed by atoms with E-state index in [9.17, 15) is 10.1 Å². The number of ether oxygens (including phenoxy) is 1. The van der Waals surface area contributed by atoms with Crippen LogP contribution in [0.2, 0.25) is 0 Å². The fourth-order valence-electron chi connectivity index (χ4n) is 3.56. The Labute approximate surface area is 165 Å². The van der Waals surface area contributed by atoms with Gasteiger partial charge in [-0.15, -0.1) is 0 Å². The van der Waals surface area contributed by atoms with E-state index >= 15 is 0 Å². The van der Waals surface area contributed by atoms with Gasteiger partial charge in [0.25, 0.3) is 0 Å². The number of nitrogens with one attached hydrogen (secondary N) is 1. The lowest BCUT2D eigenvalue weighted by Gasteiger charge is -2.39. The first kappa shape index (κ1) is 18.3. The number of hydrogen-bond acceptors (Lipinski definition) is 5. The van der Waals surface area contributed by atoms with E-state index in [0.29, 0.717) is 0 Å². The van der Waals surface area contributed by atoms with E-state index in [1.165, 1.54) is 6.92 Å². The number of amides is 1. The molecule has 0 spiro atoms. The van der Waals surface area contributed by atoms with Crippen LogP contribution in [0.25, 0.3) is 0 Å². The Morgan fingerprint density at radius 1 is 1.29 bits per heavy atom. The minimum absolute atomic E-state index is 0.0180. The summed E-state index contributed by atoms with van der Waals surface area (Å²) in [7, 11) is 0. The standard InChI is InChI=1S/C22H24N4O2/c1-15(25-16(2)27)17-3-6-19(7-4-17)28-20-12-26(13-20)21-8-5-18(11-24-21)22(14-23)9-10-22/h3-8,11,15,20H,9-10,12-13H2,1-2H3,(H,25,27). The van der Waals surface area contributed by atoms with Gasteiger partial charge in [0, 0.05) is 13.1 Å². The van der Waals surface area contributed by atoms with Crippen molar-refractivity contribution in [3.8, 4) is 11.8 Å². The molecule has 0 radical (unpaired) electrons. The number of benzene rings is 1. The third-order valence-corrected chi connectivity index (χ3v) is 5.54. The van der Waals surface area contributed by atoms with Gasteiger partial charge in [-0.3, -0.25) is 4.79 Å². The lowest BCUT2D eigenvalue weighted by Crippen LogP contribution is -2.54. The van der Waals surface area contributed by atoms with Gasteiger partial charge in [-0.25, -0.2) is 4.98 Å². The van der Waals surface area contributed by atoms with Gasteiger partial charge in [-0.1, -0.05) is 18.2 Å². The predicted octanol–water partition coefficient (Wildman–Crippen LogP) is 3.10. The zero-order valence-electron chi connectivity index (χ0n) is 16.2. The Kier molecular flexibility index (Phi) is 4.68. The van der Waals surface area contributed by atoms with Crippen LogP contribution in [0, 0.1) is 11.3 Å². The van der Waals surface area contributed by atoms with Gasteiger partial charge < -0.3 is 15.0 Å². The molecule has 28 heavy (non-hydrogen) atoms. The van der Waals surface area contributed by atoms with Crippen LogP contribution in [-0.4, -0.2) is 30.1 Å². The van der Waals surface area contributed by atoms with Crippen molar-refractivity contribution in [2.24, 2.45) is 0 Å².